The molecule has 2 rings (SSSR count). The van der Waals surface area contributed by atoms with Crippen LogP contribution in [0.5, 0.6) is 0 Å². The lowest BCUT2D eigenvalue weighted by Gasteiger charge is -2.33. The Morgan fingerprint density at radius 2 is 1.83 bits per heavy atom. The molecule has 1 atom stereocenters. The summed E-state index contributed by atoms with van der Waals surface area (Å²) in [5.74, 6) is 0. The zero-order valence-electron chi connectivity index (χ0n) is 10.9. The average Bonchev–Trinajstić information content (AvgIpc) is 2.42. The van der Waals surface area contributed by atoms with Gasteiger partial charge in [-0.15, -0.1) is 12.4 Å². The number of nitrogens with one attached hydrogen (secondary N) is 1. The van der Waals surface area contributed by atoms with Gasteiger partial charge in [0.05, 0.1) is 6.04 Å². The van der Waals surface area contributed by atoms with Gasteiger partial charge in [0.2, 0.25) is 0 Å². The van der Waals surface area contributed by atoms with E-state index in [9.17, 15) is 4.39 Å². The molecule has 0 amide bonds. The quantitative estimate of drug-likeness (QED) is 0.906. The minimum absolute atomic E-state index is 0. The number of alkyl halides is 1. The Labute approximate surface area is 115 Å². The molecule has 1 aliphatic rings. The molecule has 0 radical (unpaired) electrons. The van der Waals surface area contributed by atoms with Crippen LogP contribution < -0.4 is 5.32 Å². The van der Waals surface area contributed by atoms with Gasteiger partial charge in [-0.05, 0) is 17.5 Å². The second kappa shape index (κ2) is 7.72. The van der Waals surface area contributed by atoms with Crippen molar-refractivity contribution >= 4 is 12.4 Å². The van der Waals surface area contributed by atoms with Gasteiger partial charge in [0.1, 0.15) is 6.67 Å². The van der Waals surface area contributed by atoms with Crippen molar-refractivity contribution in [3.8, 4) is 0 Å². The SMILES string of the molecule is CCc1ccc([C@@H](CF)N2CCNCC2)cc1.Cl. The zero-order valence-corrected chi connectivity index (χ0v) is 11.7. The van der Waals surface area contributed by atoms with Crippen LogP contribution in [0.4, 0.5) is 4.39 Å². The first-order chi connectivity index (χ1) is 8.35. The molecule has 1 heterocycles. The maximum Gasteiger partial charge on any atom is 0.109 e. The fraction of sp³-hybridized carbons (Fsp3) is 0.571. The number of hydrogen-bond donors (Lipinski definition) is 1. The van der Waals surface area contributed by atoms with Crippen molar-refractivity contribution in [1.82, 2.24) is 10.2 Å². The number of nitrogens with zero attached hydrogens (tertiary/aromatic N) is 1. The van der Waals surface area contributed by atoms with E-state index in [1.807, 2.05) is 0 Å². The molecule has 0 saturated carbocycles. The maximum absolute atomic E-state index is 13.2. The van der Waals surface area contributed by atoms with Crippen LogP contribution in [0.1, 0.15) is 24.1 Å². The van der Waals surface area contributed by atoms with Crippen LogP contribution in [0.3, 0.4) is 0 Å². The molecular formula is C14H22ClFN2. The van der Waals surface area contributed by atoms with Crippen molar-refractivity contribution in [3.63, 3.8) is 0 Å². The Kier molecular flexibility index (Phi) is 6.61. The molecule has 2 nitrogen and oxygen atoms in total. The molecule has 0 unspecified atom stereocenters. The van der Waals surface area contributed by atoms with Gasteiger partial charge >= 0.3 is 0 Å². The molecule has 1 saturated heterocycles. The highest BCUT2D eigenvalue weighted by molar-refractivity contribution is 5.85. The summed E-state index contributed by atoms with van der Waals surface area (Å²) in [5, 5.41) is 3.30. The van der Waals surface area contributed by atoms with Gasteiger partial charge in [-0.1, -0.05) is 31.2 Å². The molecule has 1 aromatic rings. The zero-order chi connectivity index (χ0) is 12.1. The average molecular weight is 273 g/mol. The summed E-state index contributed by atoms with van der Waals surface area (Å²) in [6, 6.07) is 8.30. The van der Waals surface area contributed by atoms with Crippen LogP contribution in [0.25, 0.3) is 0 Å². The van der Waals surface area contributed by atoms with Crippen molar-refractivity contribution in [2.45, 2.75) is 19.4 Å². The van der Waals surface area contributed by atoms with Crippen molar-refractivity contribution in [2.75, 3.05) is 32.9 Å². The second-order valence-corrected chi connectivity index (χ2v) is 4.55. The summed E-state index contributed by atoms with van der Waals surface area (Å²) in [4.78, 5) is 2.23. The number of hydrogen-bond acceptors (Lipinski definition) is 2. The van der Waals surface area contributed by atoms with E-state index >= 15 is 0 Å². The van der Waals surface area contributed by atoms with Crippen molar-refractivity contribution < 1.29 is 4.39 Å². The van der Waals surface area contributed by atoms with Crippen LogP contribution in [0, 0.1) is 0 Å². The summed E-state index contributed by atoms with van der Waals surface area (Å²) >= 11 is 0. The Morgan fingerprint density at radius 1 is 1.22 bits per heavy atom. The Balaban J connectivity index is 0.00000162. The molecule has 102 valence electrons. The van der Waals surface area contributed by atoms with Crippen LogP contribution in [0.15, 0.2) is 24.3 Å². The molecule has 1 N–H and O–H groups in total. The van der Waals surface area contributed by atoms with E-state index in [1.54, 1.807) is 0 Å². The third kappa shape index (κ3) is 3.67. The van der Waals surface area contributed by atoms with E-state index in [2.05, 4.69) is 41.4 Å². The largest absolute Gasteiger partial charge is 0.314 e. The monoisotopic (exact) mass is 272 g/mol. The number of benzene rings is 1. The van der Waals surface area contributed by atoms with Gasteiger partial charge in [-0.3, -0.25) is 4.90 Å². The van der Waals surface area contributed by atoms with Crippen molar-refractivity contribution in [2.24, 2.45) is 0 Å². The lowest BCUT2D eigenvalue weighted by Crippen LogP contribution is -2.45. The Morgan fingerprint density at radius 3 is 2.33 bits per heavy atom. The van der Waals surface area contributed by atoms with E-state index < -0.39 is 0 Å². The van der Waals surface area contributed by atoms with Crippen molar-refractivity contribution in [3.05, 3.63) is 35.4 Å². The maximum atomic E-state index is 13.2. The topological polar surface area (TPSA) is 15.3 Å². The normalized spacial score (nSPS) is 18.1. The molecule has 0 aromatic heterocycles. The predicted molar refractivity (Wildman–Crippen MR) is 76.2 cm³/mol. The highest BCUT2D eigenvalue weighted by Gasteiger charge is 2.21. The number of aryl methyl sites for hydroxylation is 1. The summed E-state index contributed by atoms with van der Waals surface area (Å²) in [7, 11) is 0. The highest BCUT2D eigenvalue weighted by Crippen LogP contribution is 2.22. The third-order valence-electron chi connectivity index (χ3n) is 3.51. The fourth-order valence-corrected chi connectivity index (χ4v) is 2.37. The standard InChI is InChI=1S/C14H21FN2.ClH/c1-2-12-3-5-13(6-4-12)14(11-15)17-9-7-16-8-10-17;/h3-6,14,16H,2,7-11H2,1H3;1H/t14-;/m1./s1. The molecule has 1 aromatic carbocycles. The van der Waals surface area contributed by atoms with Gasteiger partial charge in [-0.25, -0.2) is 4.39 Å². The van der Waals surface area contributed by atoms with Crippen LogP contribution in [0.2, 0.25) is 0 Å². The summed E-state index contributed by atoms with van der Waals surface area (Å²) in [5.41, 5.74) is 2.42. The van der Waals surface area contributed by atoms with Crippen LogP contribution in [-0.2, 0) is 6.42 Å². The summed E-state index contributed by atoms with van der Waals surface area (Å²) < 4.78 is 13.2. The molecule has 1 aliphatic heterocycles. The molecule has 18 heavy (non-hydrogen) atoms. The van der Waals surface area contributed by atoms with Crippen LogP contribution in [-0.4, -0.2) is 37.8 Å². The molecule has 1 fully saturated rings. The van der Waals surface area contributed by atoms with Gasteiger partial charge < -0.3 is 5.32 Å². The third-order valence-corrected chi connectivity index (χ3v) is 3.51. The minimum Gasteiger partial charge on any atom is -0.314 e. The van der Waals surface area contributed by atoms with E-state index in [-0.39, 0.29) is 25.1 Å². The van der Waals surface area contributed by atoms with E-state index in [4.69, 9.17) is 0 Å². The van der Waals surface area contributed by atoms with Gasteiger partial charge in [0.15, 0.2) is 0 Å². The van der Waals surface area contributed by atoms with Crippen molar-refractivity contribution in [1.29, 1.82) is 0 Å². The van der Waals surface area contributed by atoms with E-state index in [0.717, 1.165) is 38.2 Å². The number of piperazine rings is 1. The first kappa shape index (κ1) is 15.4. The highest BCUT2D eigenvalue weighted by atomic mass is 35.5. The van der Waals surface area contributed by atoms with E-state index in [1.165, 1.54) is 5.56 Å². The molecule has 0 bridgehead atoms. The summed E-state index contributed by atoms with van der Waals surface area (Å²) in [6.45, 7) is 5.63. The van der Waals surface area contributed by atoms with Gasteiger partial charge in [0.25, 0.3) is 0 Å². The number of rotatable bonds is 4. The molecule has 4 heteroatoms. The first-order valence-electron chi connectivity index (χ1n) is 6.44. The lowest BCUT2D eigenvalue weighted by atomic mass is 10.0. The Hall–Kier alpha value is -0.640. The molecular weight excluding hydrogens is 251 g/mol. The fourth-order valence-electron chi connectivity index (χ4n) is 2.37. The lowest BCUT2D eigenvalue weighted by molar-refractivity contribution is 0.147. The second-order valence-electron chi connectivity index (χ2n) is 4.55. The van der Waals surface area contributed by atoms with Gasteiger partial charge in [0, 0.05) is 26.2 Å². The molecule has 0 spiro atoms. The first-order valence-corrected chi connectivity index (χ1v) is 6.44. The van der Waals surface area contributed by atoms with Gasteiger partial charge in [-0.2, -0.15) is 0 Å². The summed E-state index contributed by atoms with van der Waals surface area (Å²) in [6.07, 6.45) is 1.04. The Bertz CT molecular complexity index is 336. The van der Waals surface area contributed by atoms with Crippen LogP contribution >= 0.6 is 12.4 Å². The minimum atomic E-state index is -0.300. The predicted octanol–water partition coefficient (Wildman–Crippen LogP) is 2.59. The number of halogens is 2. The molecule has 0 aliphatic carbocycles. The smallest absolute Gasteiger partial charge is 0.109 e. The van der Waals surface area contributed by atoms with E-state index in [0.29, 0.717) is 0 Å².